The molecule has 0 bridgehead atoms. The average Bonchev–Trinajstić information content (AvgIpc) is 3.30. The number of benzene rings is 1. The molecule has 2 heterocycles. The minimum Gasteiger partial charge on any atom is -0.444 e. The molecule has 150 valence electrons. The predicted octanol–water partition coefficient (Wildman–Crippen LogP) is 2.88. The van der Waals surface area contributed by atoms with Crippen LogP contribution < -0.4 is 5.32 Å². The van der Waals surface area contributed by atoms with E-state index < -0.39 is 17.7 Å². The molecule has 0 aliphatic carbocycles. The topological polar surface area (TPSA) is 85.7 Å². The van der Waals surface area contributed by atoms with Crippen LogP contribution in [0.25, 0.3) is 0 Å². The van der Waals surface area contributed by atoms with E-state index in [9.17, 15) is 14.9 Å². The van der Waals surface area contributed by atoms with Crippen LogP contribution in [0.15, 0.2) is 24.3 Å². The highest BCUT2D eigenvalue weighted by Crippen LogP contribution is 2.28. The van der Waals surface area contributed by atoms with Crippen LogP contribution in [0.3, 0.4) is 0 Å². The van der Waals surface area contributed by atoms with E-state index in [1.807, 2.05) is 39.0 Å². The zero-order chi connectivity index (χ0) is 20.3. The second kappa shape index (κ2) is 8.31. The summed E-state index contributed by atoms with van der Waals surface area (Å²) < 4.78 is 5.54. The van der Waals surface area contributed by atoms with Gasteiger partial charge < -0.3 is 15.0 Å². The smallest absolute Gasteiger partial charge is 0.411 e. The summed E-state index contributed by atoms with van der Waals surface area (Å²) in [7, 11) is 0. The first-order chi connectivity index (χ1) is 13.3. The minimum absolute atomic E-state index is 0.0336. The molecule has 1 aromatic rings. The molecule has 3 rings (SSSR count). The van der Waals surface area contributed by atoms with Crippen LogP contribution in [-0.4, -0.2) is 64.2 Å². The molecule has 1 N–H and O–H groups in total. The Morgan fingerprint density at radius 2 is 2.07 bits per heavy atom. The largest absolute Gasteiger partial charge is 0.444 e. The molecule has 0 spiro atoms. The standard InChI is InChI=1S/C20H26N4O3S/c1-20(2,3)27-19(26)24-12-15(22-16-7-5-4-6-14(16)11-21)10-17(24)18(25)23-8-9-28-13-23/h4-7,15,17,22H,8-10,12-13H2,1-3H3/t15-,17-/m0/s1. The summed E-state index contributed by atoms with van der Waals surface area (Å²) in [5.74, 6) is 1.54. The van der Waals surface area contributed by atoms with Crippen molar-refractivity contribution in [1.82, 2.24) is 9.80 Å². The van der Waals surface area contributed by atoms with Gasteiger partial charge in [0.05, 0.1) is 17.1 Å². The molecule has 7 nitrogen and oxygen atoms in total. The number of amides is 2. The maximum atomic E-state index is 13.0. The van der Waals surface area contributed by atoms with Gasteiger partial charge in [-0.2, -0.15) is 5.26 Å². The molecule has 2 aliphatic rings. The summed E-state index contributed by atoms with van der Waals surface area (Å²) in [4.78, 5) is 29.1. The lowest BCUT2D eigenvalue weighted by Gasteiger charge is -2.29. The van der Waals surface area contributed by atoms with E-state index in [-0.39, 0.29) is 11.9 Å². The molecule has 8 heteroatoms. The number of carbonyl (C=O) groups excluding carboxylic acids is 2. The third-order valence-electron chi connectivity index (χ3n) is 4.69. The summed E-state index contributed by atoms with van der Waals surface area (Å²) in [6.07, 6.45) is 0.00880. The van der Waals surface area contributed by atoms with E-state index >= 15 is 0 Å². The van der Waals surface area contributed by atoms with Gasteiger partial charge in [0.2, 0.25) is 5.91 Å². The minimum atomic E-state index is -0.632. The lowest BCUT2D eigenvalue weighted by Crippen LogP contribution is -2.48. The molecule has 2 fully saturated rings. The number of likely N-dealkylation sites (tertiary alicyclic amines) is 1. The van der Waals surface area contributed by atoms with Crippen molar-refractivity contribution in [3.8, 4) is 6.07 Å². The van der Waals surface area contributed by atoms with Crippen molar-refractivity contribution in [3.63, 3.8) is 0 Å². The number of rotatable bonds is 3. The van der Waals surface area contributed by atoms with Gasteiger partial charge in [0.15, 0.2) is 0 Å². The number of anilines is 1. The number of para-hydroxylation sites is 1. The van der Waals surface area contributed by atoms with Gasteiger partial charge in [0.1, 0.15) is 17.7 Å². The molecule has 28 heavy (non-hydrogen) atoms. The Hall–Kier alpha value is -2.40. The van der Waals surface area contributed by atoms with Crippen molar-refractivity contribution >= 4 is 29.4 Å². The molecular weight excluding hydrogens is 376 g/mol. The Bertz CT molecular complexity index is 780. The van der Waals surface area contributed by atoms with Gasteiger partial charge in [0.25, 0.3) is 0 Å². The first-order valence-electron chi connectivity index (χ1n) is 9.40. The fourth-order valence-corrected chi connectivity index (χ4v) is 4.38. The van der Waals surface area contributed by atoms with Crippen LogP contribution in [0, 0.1) is 11.3 Å². The fraction of sp³-hybridized carbons (Fsp3) is 0.550. The maximum absolute atomic E-state index is 13.0. The number of nitrogens with one attached hydrogen (secondary N) is 1. The highest BCUT2D eigenvalue weighted by molar-refractivity contribution is 7.99. The Labute approximate surface area is 170 Å². The molecule has 0 radical (unpaired) electrons. The van der Waals surface area contributed by atoms with Crippen molar-refractivity contribution in [3.05, 3.63) is 29.8 Å². The van der Waals surface area contributed by atoms with Crippen LogP contribution >= 0.6 is 11.8 Å². The van der Waals surface area contributed by atoms with E-state index in [1.165, 1.54) is 4.90 Å². The summed E-state index contributed by atoms with van der Waals surface area (Å²) in [6, 6.07) is 8.72. The van der Waals surface area contributed by atoms with Crippen LogP contribution in [0.5, 0.6) is 0 Å². The quantitative estimate of drug-likeness (QED) is 0.837. The monoisotopic (exact) mass is 402 g/mol. The summed E-state index contributed by atoms with van der Waals surface area (Å²) in [5.41, 5.74) is 0.619. The zero-order valence-corrected chi connectivity index (χ0v) is 17.3. The predicted molar refractivity (Wildman–Crippen MR) is 109 cm³/mol. The number of thioether (sulfide) groups is 1. The summed E-state index contributed by atoms with van der Waals surface area (Å²) in [6.45, 7) is 6.50. The number of nitrogens with zero attached hydrogens (tertiary/aromatic N) is 3. The van der Waals surface area contributed by atoms with Gasteiger partial charge in [-0.1, -0.05) is 12.1 Å². The molecule has 2 amide bonds. The number of hydrogen-bond donors (Lipinski definition) is 1. The van der Waals surface area contributed by atoms with E-state index in [0.29, 0.717) is 36.6 Å². The second-order valence-corrected chi connectivity index (χ2v) is 9.10. The first kappa shape index (κ1) is 20.3. The van der Waals surface area contributed by atoms with E-state index in [1.54, 1.807) is 22.7 Å². The number of nitriles is 1. The second-order valence-electron chi connectivity index (χ2n) is 8.02. The van der Waals surface area contributed by atoms with Gasteiger partial charge in [0, 0.05) is 24.9 Å². The molecule has 2 aliphatic heterocycles. The van der Waals surface area contributed by atoms with Crippen LogP contribution in [0.4, 0.5) is 10.5 Å². The Morgan fingerprint density at radius 1 is 1.32 bits per heavy atom. The van der Waals surface area contributed by atoms with Gasteiger partial charge in [-0.3, -0.25) is 9.69 Å². The van der Waals surface area contributed by atoms with Crippen molar-refractivity contribution in [2.24, 2.45) is 0 Å². The molecule has 0 aromatic heterocycles. The van der Waals surface area contributed by atoms with Gasteiger partial charge in [-0.25, -0.2) is 4.79 Å². The van der Waals surface area contributed by atoms with E-state index in [2.05, 4.69) is 11.4 Å². The van der Waals surface area contributed by atoms with Crippen LogP contribution in [0.1, 0.15) is 32.8 Å². The molecule has 2 saturated heterocycles. The first-order valence-corrected chi connectivity index (χ1v) is 10.6. The normalized spacial score (nSPS) is 22.1. The van der Waals surface area contributed by atoms with E-state index in [4.69, 9.17) is 4.74 Å². The molecule has 0 saturated carbocycles. The van der Waals surface area contributed by atoms with Gasteiger partial charge in [-0.05, 0) is 39.3 Å². The number of hydrogen-bond acceptors (Lipinski definition) is 6. The molecular formula is C20H26N4O3S. The van der Waals surface area contributed by atoms with Crippen molar-refractivity contribution in [1.29, 1.82) is 5.26 Å². The molecule has 1 aromatic carbocycles. The van der Waals surface area contributed by atoms with Crippen molar-refractivity contribution in [2.45, 2.75) is 44.9 Å². The summed E-state index contributed by atoms with van der Waals surface area (Å²) in [5, 5.41) is 12.6. The Balaban J connectivity index is 1.78. The zero-order valence-electron chi connectivity index (χ0n) is 16.5. The maximum Gasteiger partial charge on any atom is 0.411 e. The molecule has 2 atom stereocenters. The van der Waals surface area contributed by atoms with Gasteiger partial charge >= 0.3 is 6.09 Å². The SMILES string of the molecule is CC(C)(C)OC(=O)N1C[C@@H](Nc2ccccc2C#N)C[C@H]1C(=O)N1CCSC1. The van der Waals surface area contributed by atoms with Crippen molar-refractivity contribution < 1.29 is 14.3 Å². The van der Waals surface area contributed by atoms with Gasteiger partial charge in [-0.15, -0.1) is 11.8 Å². The van der Waals surface area contributed by atoms with Crippen molar-refractivity contribution in [2.75, 3.05) is 30.0 Å². The third-order valence-corrected chi connectivity index (χ3v) is 5.65. The van der Waals surface area contributed by atoms with Crippen LogP contribution in [0.2, 0.25) is 0 Å². The average molecular weight is 403 g/mol. The highest BCUT2D eigenvalue weighted by Gasteiger charge is 2.43. The van der Waals surface area contributed by atoms with Crippen LogP contribution in [-0.2, 0) is 9.53 Å². The third kappa shape index (κ3) is 4.71. The molecule has 0 unspecified atom stereocenters. The lowest BCUT2D eigenvalue weighted by molar-refractivity contribution is -0.134. The fourth-order valence-electron chi connectivity index (χ4n) is 3.42. The number of carbonyl (C=O) groups is 2. The van der Waals surface area contributed by atoms with E-state index in [0.717, 1.165) is 5.75 Å². The highest BCUT2D eigenvalue weighted by atomic mass is 32.2. The Morgan fingerprint density at radius 3 is 2.71 bits per heavy atom. The summed E-state index contributed by atoms with van der Waals surface area (Å²) >= 11 is 1.72. The Kier molecular flexibility index (Phi) is 6.04. The lowest BCUT2D eigenvalue weighted by atomic mass is 10.1. The number of ether oxygens (including phenoxy) is 1.